The van der Waals surface area contributed by atoms with Crippen LogP contribution in [0.1, 0.15) is 19.4 Å². The van der Waals surface area contributed by atoms with Gasteiger partial charge in [-0.2, -0.15) is 0 Å². The van der Waals surface area contributed by atoms with Crippen LogP contribution in [0.3, 0.4) is 0 Å². The van der Waals surface area contributed by atoms with Gasteiger partial charge in [0.15, 0.2) is 5.12 Å². The molecule has 1 fully saturated rings. The van der Waals surface area contributed by atoms with Crippen molar-refractivity contribution in [2.24, 2.45) is 0 Å². The first-order valence-corrected chi connectivity index (χ1v) is 10.1. The first-order chi connectivity index (χ1) is 13.8. The number of hydrogen-bond acceptors (Lipinski definition) is 5. The van der Waals surface area contributed by atoms with Crippen LogP contribution in [0, 0.1) is 5.82 Å². The van der Waals surface area contributed by atoms with Crippen LogP contribution in [0.25, 0.3) is 11.1 Å². The molecule has 152 valence electrons. The van der Waals surface area contributed by atoms with Crippen LogP contribution in [0.2, 0.25) is 0 Å². The highest BCUT2D eigenvalue weighted by molar-refractivity contribution is 8.12. The summed E-state index contributed by atoms with van der Waals surface area (Å²) >= 11 is 1.23. The van der Waals surface area contributed by atoms with Gasteiger partial charge in [0.25, 0.3) is 0 Å². The van der Waals surface area contributed by atoms with Crippen molar-refractivity contribution in [2.75, 3.05) is 18.0 Å². The smallest absolute Gasteiger partial charge is 0.414 e. The van der Waals surface area contributed by atoms with Gasteiger partial charge < -0.3 is 10.1 Å². The fourth-order valence-electron chi connectivity index (χ4n) is 2.97. The van der Waals surface area contributed by atoms with Crippen LogP contribution in [0.5, 0.6) is 0 Å². The average molecular weight is 416 g/mol. The van der Waals surface area contributed by atoms with Crippen molar-refractivity contribution in [2.45, 2.75) is 25.7 Å². The number of nitrogens with one attached hydrogen (secondary N) is 1. The molecule has 0 aliphatic carbocycles. The number of amides is 2. The molecule has 1 aliphatic heterocycles. The van der Waals surface area contributed by atoms with E-state index in [4.69, 9.17) is 4.74 Å². The van der Waals surface area contributed by atoms with E-state index in [1.807, 2.05) is 24.3 Å². The first kappa shape index (κ1) is 20.9. The summed E-state index contributed by atoms with van der Waals surface area (Å²) in [5.74, 6) is -0.0828. The van der Waals surface area contributed by atoms with Gasteiger partial charge in [-0.15, -0.1) is 0 Å². The Kier molecular flexibility index (Phi) is 6.53. The minimum Gasteiger partial charge on any atom is -0.442 e. The third-order valence-corrected chi connectivity index (χ3v) is 5.31. The number of halogens is 1. The molecule has 0 saturated carbocycles. The summed E-state index contributed by atoms with van der Waals surface area (Å²) in [5.41, 5.74) is 2.51. The fourth-order valence-corrected chi connectivity index (χ4v) is 3.53. The molecule has 29 heavy (non-hydrogen) atoms. The zero-order chi connectivity index (χ0) is 21.0. The summed E-state index contributed by atoms with van der Waals surface area (Å²) < 4.78 is 19.9. The zero-order valence-corrected chi connectivity index (χ0v) is 16.9. The van der Waals surface area contributed by atoms with Gasteiger partial charge in [-0.05, 0) is 29.3 Å². The molecule has 2 aromatic rings. The maximum Gasteiger partial charge on any atom is 0.414 e. The largest absolute Gasteiger partial charge is 0.442 e. The number of hydrogen-bond donors (Lipinski definition) is 1. The highest BCUT2D eigenvalue weighted by atomic mass is 32.2. The van der Waals surface area contributed by atoms with Crippen LogP contribution in [-0.2, 0) is 20.1 Å². The number of rotatable bonds is 6. The number of ether oxygens (including phenoxy) is 1. The Hall–Kier alpha value is -2.87. The van der Waals surface area contributed by atoms with Crippen molar-refractivity contribution in [3.63, 3.8) is 0 Å². The summed E-state index contributed by atoms with van der Waals surface area (Å²) in [7, 11) is 0. The van der Waals surface area contributed by atoms with E-state index in [0.717, 1.165) is 5.56 Å². The van der Waals surface area contributed by atoms with E-state index in [9.17, 15) is 18.8 Å². The monoisotopic (exact) mass is 416 g/mol. The second-order valence-corrected chi connectivity index (χ2v) is 7.85. The maximum atomic E-state index is 14.7. The summed E-state index contributed by atoms with van der Waals surface area (Å²) in [6.45, 7) is 3.36. The maximum absolute atomic E-state index is 14.7. The molecule has 1 saturated heterocycles. The molecular weight excluding hydrogens is 395 g/mol. The van der Waals surface area contributed by atoms with Gasteiger partial charge in [0, 0.05) is 25.2 Å². The lowest BCUT2D eigenvalue weighted by atomic mass is 10.0. The molecule has 1 heterocycles. The van der Waals surface area contributed by atoms with Gasteiger partial charge in [0.1, 0.15) is 11.9 Å². The van der Waals surface area contributed by atoms with Gasteiger partial charge in [-0.25, -0.2) is 9.18 Å². The zero-order valence-electron chi connectivity index (χ0n) is 16.1. The SMILES string of the molecule is CC(=O)NC[C@H]1CN(c2ccc(-c3ccc(CSC(C)=O)cc3)c(F)c2)C(=O)O1. The van der Waals surface area contributed by atoms with Crippen molar-refractivity contribution in [1.82, 2.24) is 5.32 Å². The molecule has 1 atom stereocenters. The lowest BCUT2D eigenvalue weighted by Crippen LogP contribution is -2.33. The lowest BCUT2D eigenvalue weighted by molar-refractivity contribution is -0.119. The van der Waals surface area contributed by atoms with E-state index < -0.39 is 18.0 Å². The van der Waals surface area contributed by atoms with Gasteiger partial charge in [0.05, 0.1) is 18.8 Å². The molecule has 1 N–H and O–H groups in total. The quantitative estimate of drug-likeness (QED) is 0.777. The first-order valence-electron chi connectivity index (χ1n) is 9.08. The Morgan fingerprint density at radius 3 is 2.55 bits per heavy atom. The number of cyclic esters (lactones) is 1. The number of anilines is 1. The van der Waals surface area contributed by atoms with Crippen molar-refractivity contribution in [1.29, 1.82) is 0 Å². The lowest BCUT2D eigenvalue weighted by Gasteiger charge is -2.14. The minimum atomic E-state index is -0.570. The third-order valence-electron chi connectivity index (χ3n) is 4.42. The van der Waals surface area contributed by atoms with E-state index in [1.165, 1.54) is 36.6 Å². The molecule has 3 rings (SSSR count). The molecular formula is C21H21FN2O4S. The second kappa shape index (κ2) is 9.09. The average Bonchev–Trinajstić information content (AvgIpc) is 3.06. The Bertz CT molecular complexity index is 933. The van der Waals surface area contributed by atoms with Crippen molar-refractivity contribution in [3.8, 4) is 11.1 Å². The molecule has 0 aromatic heterocycles. The van der Waals surface area contributed by atoms with Crippen LogP contribution in [0.15, 0.2) is 42.5 Å². The molecule has 2 aromatic carbocycles. The van der Waals surface area contributed by atoms with E-state index >= 15 is 0 Å². The molecule has 0 bridgehead atoms. The normalized spacial score (nSPS) is 15.9. The molecule has 6 nitrogen and oxygen atoms in total. The topological polar surface area (TPSA) is 75.7 Å². The highest BCUT2D eigenvalue weighted by Gasteiger charge is 2.32. The van der Waals surface area contributed by atoms with Crippen LogP contribution in [0.4, 0.5) is 14.9 Å². The minimum absolute atomic E-state index is 0.0514. The molecule has 8 heteroatoms. The molecule has 1 aliphatic rings. The number of nitrogens with zero attached hydrogens (tertiary/aromatic N) is 1. The van der Waals surface area contributed by atoms with E-state index in [2.05, 4.69) is 5.32 Å². The Labute approximate surface area is 172 Å². The number of carbonyl (C=O) groups excluding carboxylic acids is 3. The van der Waals surface area contributed by atoms with Crippen LogP contribution >= 0.6 is 11.8 Å². The third kappa shape index (κ3) is 5.35. The Morgan fingerprint density at radius 1 is 1.21 bits per heavy atom. The molecule has 0 spiro atoms. The Morgan fingerprint density at radius 2 is 1.93 bits per heavy atom. The predicted molar refractivity (Wildman–Crippen MR) is 110 cm³/mol. The summed E-state index contributed by atoms with van der Waals surface area (Å²) in [4.78, 5) is 35.5. The van der Waals surface area contributed by atoms with Gasteiger partial charge >= 0.3 is 6.09 Å². The molecule has 2 amide bonds. The number of carbonyl (C=O) groups is 3. The summed E-state index contributed by atoms with van der Waals surface area (Å²) in [6.07, 6.45) is -1.05. The molecule has 0 radical (unpaired) electrons. The van der Waals surface area contributed by atoms with Crippen molar-refractivity contribution < 1.29 is 23.5 Å². The van der Waals surface area contributed by atoms with Crippen LogP contribution < -0.4 is 10.2 Å². The van der Waals surface area contributed by atoms with Crippen molar-refractivity contribution >= 4 is 34.6 Å². The van der Waals surface area contributed by atoms with Crippen molar-refractivity contribution in [3.05, 3.63) is 53.8 Å². The standard InChI is InChI=1S/C21H21FN2O4S/c1-13(25)23-10-18-11-24(21(27)28-18)17-7-8-19(20(22)9-17)16-5-3-15(4-6-16)12-29-14(2)26/h3-9,18H,10-12H2,1-2H3,(H,23,25)/t18-/m0/s1. The van der Waals surface area contributed by atoms with E-state index in [0.29, 0.717) is 22.6 Å². The van der Waals surface area contributed by atoms with E-state index in [1.54, 1.807) is 12.1 Å². The van der Waals surface area contributed by atoms with E-state index in [-0.39, 0.29) is 24.1 Å². The second-order valence-electron chi connectivity index (χ2n) is 6.69. The van der Waals surface area contributed by atoms with Crippen LogP contribution in [-0.4, -0.2) is 36.3 Å². The predicted octanol–water partition coefficient (Wildman–Crippen LogP) is 3.73. The highest BCUT2D eigenvalue weighted by Crippen LogP contribution is 2.29. The summed E-state index contributed by atoms with van der Waals surface area (Å²) in [5, 5.41) is 2.66. The van der Waals surface area contributed by atoms with Gasteiger partial charge in [-0.3, -0.25) is 14.5 Å². The Balaban J connectivity index is 1.71. The fraction of sp³-hybridized carbons (Fsp3) is 0.286. The summed E-state index contributed by atoms with van der Waals surface area (Å²) in [6, 6.07) is 11.9. The molecule has 0 unspecified atom stereocenters. The van der Waals surface area contributed by atoms with Gasteiger partial charge in [-0.1, -0.05) is 36.0 Å². The number of thioether (sulfide) groups is 1. The van der Waals surface area contributed by atoms with Gasteiger partial charge in [0.2, 0.25) is 5.91 Å². The number of benzene rings is 2.